The quantitative estimate of drug-likeness (QED) is 0.563. The van der Waals surface area contributed by atoms with E-state index in [4.69, 9.17) is 0 Å². The lowest BCUT2D eigenvalue weighted by Crippen LogP contribution is -2.06. The van der Waals surface area contributed by atoms with Gasteiger partial charge >= 0.3 is 6.04 Å². The van der Waals surface area contributed by atoms with Crippen LogP contribution in [-0.4, -0.2) is 11.8 Å². The van der Waals surface area contributed by atoms with E-state index in [0.717, 1.165) is 0 Å². The van der Waals surface area contributed by atoms with E-state index in [2.05, 4.69) is 0 Å². The fourth-order valence-corrected chi connectivity index (χ4v) is 0.533. The van der Waals surface area contributed by atoms with Crippen LogP contribution in [0.2, 0.25) is 0 Å². The molecule has 0 N–H and O–H groups in total. The normalized spacial score (nSPS) is 12.7. The molecule has 10 heavy (non-hydrogen) atoms. The maximum atomic E-state index is 11.8. The van der Waals surface area contributed by atoms with Crippen LogP contribution in [0.25, 0.3) is 0 Å². The molecule has 0 aromatic heterocycles. The van der Waals surface area contributed by atoms with Gasteiger partial charge in [0.05, 0.1) is 0 Å². The minimum Gasteiger partial charge on any atom is -0.300 e. The third-order valence-corrected chi connectivity index (χ3v) is 1.32. The molecular formula is C7H11FO2. The first-order valence-corrected chi connectivity index (χ1v) is 3.23. The summed E-state index contributed by atoms with van der Waals surface area (Å²) in [5.41, 5.74) is 0. The van der Waals surface area contributed by atoms with Crippen molar-refractivity contribution in [1.29, 1.82) is 0 Å². The molecule has 0 aromatic rings. The van der Waals surface area contributed by atoms with Crippen LogP contribution in [0.15, 0.2) is 0 Å². The van der Waals surface area contributed by atoms with E-state index < -0.39 is 12.0 Å². The van der Waals surface area contributed by atoms with Gasteiger partial charge in [0.15, 0.2) is 0 Å². The van der Waals surface area contributed by atoms with Gasteiger partial charge in [0.2, 0.25) is 0 Å². The lowest BCUT2D eigenvalue weighted by Gasteiger charge is -2.00. The number of hydrogen-bond acceptors (Lipinski definition) is 2. The van der Waals surface area contributed by atoms with Crippen LogP contribution in [0.1, 0.15) is 26.7 Å². The highest BCUT2D eigenvalue weighted by Gasteiger charge is 2.11. The summed E-state index contributed by atoms with van der Waals surface area (Å²) < 4.78 is 11.8. The van der Waals surface area contributed by atoms with Gasteiger partial charge in [-0.3, -0.25) is 4.79 Å². The second kappa shape index (κ2) is 4.14. The summed E-state index contributed by atoms with van der Waals surface area (Å²) in [7, 11) is 0. The molecule has 0 spiro atoms. The van der Waals surface area contributed by atoms with Gasteiger partial charge in [-0.05, 0) is 13.3 Å². The Bertz CT molecular complexity index is 143. The summed E-state index contributed by atoms with van der Waals surface area (Å²) in [6.45, 7) is 2.90. The van der Waals surface area contributed by atoms with Crippen molar-refractivity contribution in [2.45, 2.75) is 26.7 Å². The molecule has 0 aliphatic carbocycles. The van der Waals surface area contributed by atoms with Crippen molar-refractivity contribution >= 4 is 11.8 Å². The first-order chi connectivity index (χ1) is 4.54. The average Bonchev–Trinajstić information content (AvgIpc) is 1.82. The van der Waals surface area contributed by atoms with Crippen LogP contribution >= 0.6 is 0 Å². The van der Waals surface area contributed by atoms with Crippen molar-refractivity contribution in [2.24, 2.45) is 5.92 Å². The van der Waals surface area contributed by atoms with Gasteiger partial charge in [-0.15, -0.1) is 0 Å². The number of hydrogen-bond donors (Lipinski definition) is 0. The Hall–Kier alpha value is -0.730. The molecule has 0 aromatic carbocycles. The Labute approximate surface area is 59.4 Å². The highest BCUT2D eigenvalue weighted by molar-refractivity contribution is 5.76. The topological polar surface area (TPSA) is 34.1 Å². The van der Waals surface area contributed by atoms with Crippen molar-refractivity contribution in [2.75, 3.05) is 0 Å². The SMILES string of the molecule is CC(=O)CCC(C)C(=O)F. The summed E-state index contributed by atoms with van der Waals surface area (Å²) in [5, 5.41) is 0. The van der Waals surface area contributed by atoms with Crippen LogP contribution in [0.3, 0.4) is 0 Å². The summed E-state index contributed by atoms with van der Waals surface area (Å²) in [5.74, 6) is -0.628. The second-order valence-corrected chi connectivity index (χ2v) is 2.45. The van der Waals surface area contributed by atoms with Crippen LogP contribution in [0.5, 0.6) is 0 Å². The molecule has 1 atom stereocenters. The number of carbonyl (C=O) groups is 2. The molecule has 1 unspecified atom stereocenters. The van der Waals surface area contributed by atoms with Gasteiger partial charge in [-0.2, -0.15) is 4.39 Å². The molecule has 0 saturated carbocycles. The third kappa shape index (κ3) is 4.18. The van der Waals surface area contributed by atoms with E-state index in [1.54, 1.807) is 0 Å². The smallest absolute Gasteiger partial charge is 0.300 e. The number of rotatable bonds is 4. The van der Waals surface area contributed by atoms with Crippen molar-refractivity contribution in [1.82, 2.24) is 0 Å². The van der Waals surface area contributed by atoms with Gasteiger partial charge in [-0.25, -0.2) is 0 Å². The monoisotopic (exact) mass is 146 g/mol. The van der Waals surface area contributed by atoms with Crippen LogP contribution in [0.4, 0.5) is 4.39 Å². The van der Waals surface area contributed by atoms with Crippen molar-refractivity contribution < 1.29 is 14.0 Å². The Morgan fingerprint density at radius 2 is 2.00 bits per heavy atom. The number of carbonyl (C=O) groups excluding carboxylic acids is 2. The lowest BCUT2D eigenvalue weighted by molar-refractivity contribution is -0.133. The number of halogens is 1. The maximum Gasteiger partial charge on any atom is 0.304 e. The second-order valence-electron chi connectivity index (χ2n) is 2.45. The third-order valence-electron chi connectivity index (χ3n) is 1.32. The zero-order chi connectivity index (χ0) is 8.15. The van der Waals surface area contributed by atoms with Gasteiger partial charge in [0, 0.05) is 12.3 Å². The first kappa shape index (κ1) is 9.27. The van der Waals surface area contributed by atoms with Gasteiger partial charge in [-0.1, -0.05) is 6.92 Å². The predicted molar refractivity (Wildman–Crippen MR) is 35.2 cm³/mol. The predicted octanol–water partition coefficient (Wildman–Crippen LogP) is 1.49. The standard InChI is InChI=1S/C7H11FO2/c1-5(7(8)10)3-4-6(2)9/h5H,3-4H2,1-2H3. The molecule has 0 fully saturated rings. The van der Waals surface area contributed by atoms with Crippen LogP contribution < -0.4 is 0 Å². The maximum absolute atomic E-state index is 11.8. The Kier molecular flexibility index (Phi) is 3.84. The molecular weight excluding hydrogens is 135 g/mol. The summed E-state index contributed by atoms with van der Waals surface area (Å²) in [6.07, 6.45) is 0.613. The van der Waals surface area contributed by atoms with E-state index in [9.17, 15) is 14.0 Å². The molecule has 0 amide bonds. The van der Waals surface area contributed by atoms with Crippen LogP contribution in [-0.2, 0) is 9.59 Å². The first-order valence-electron chi connectivity index (χ1n) is 3.23. The zero-order valence-corrected chi connectivity index (χ0v) is 6.19. The highest BCUT2D eigenvalue weighted by atomic mass is 19.1. The minimum atomic E-state index is -1.33. The Morgan fingerprint density at radius 1 is 1.50 bits per heavy atom. The average molecular weight is 146 g/mol. The zero-order valence-electron chi connectivity index (χ0n) is 6.19. The highest BCUT2D eigenvalue weighted by Crippen LogP contribution is 2.07. The lowest BCUT2D eigenvalue weighted by atomic mass is 10.1. The van der Waals surface area contributed by atoms with E-state index in [1.165, 1.54) is 13.8 Å². The molecule has 0 aliphatic rings. The summed E-state index contributed by atoms with van der Waals surface area (Å²) >= 11 is 0. The van der Waals surface area contributed by atoms with Crippen molar-refractivity contribution in [3.63, 3.8) is 0 Å². The molecule has 0 radical (unpaired) electrons. The fraction of sp³-hybridized carbons (Fsp3) is 0.714. The molecule has 0 bridgehead atoms. The Balaban J connectivity index is 3.49. The van der Waals surface area contributed by atoms with Crippen LogP contribution in [0, 0.1) is 5.92 Å². The van der Waals surface area contributed by atoms with Crippen molar-refractivity contribution in [3.8, 4) is 0 Å². The molecule has 58 valence electrons. The largest absolute Gasteiger partial charge is 0.304 e. The van der Waals surface area contributed by atoms with Crippen molar-refractivity contribution in [3.05, 3.63) is 0 Å². The number of ketones is 1. The summed E-state index contributed by atoms with van der Waals surface area (Å²) in [6, 6.07) is -1.33. The van der Waals surface area contributed by atoms with E-state index >= 15 is 0 Å². The fourth-order valence-electron chi connectivity index (χ4n) is 0.533. The van der Waals surface area contributed by atoms with Gasteiger partial charge in [0.25, 0.3) is 0 Å². The minimum absolute atomic E-state index is 0.00639. The van der Waals surface area contributed by atoms with E-state index in [0.29, 0.717) is 6.42 Å². The molecule has 2 nitrogen and oxygen atoms in total. The molecule has 0 aliphatic heterocycles. The van der Waals surface area contributed by atoms with Gasteiger partial charge in [0.1, 0.15) is 5.78 Å². The van der Waals surface area contributed by atoms with E-state index in [-0.39, 0.29) is 12.2 Å². The molecule has 0 rings (SSSR count). The Morgan fingerprint density at radius 3 is 2.30 bits per heavy atom. The molecule has 0 saturated heterocycles. The number of Topliss-reactive ketones (excluding diaryl/α,β-unsaturated/α-hetero) is 1. The summed E-state index contributed by atoms with van der Waals surface area (Å²) in [4.78, 5) is 20.3. The van der Waals surface area contributed by atoms with E-state index in [1.807, 2.05) is 0 Å². The molecule has 0 heterocycles. The van der Waals surface area contributed by atoms with Gasteiger partial charge < -0.3 is 4.79 Å². The molecule has 3 heteroatoms.